The maximum atomic E-state index is 10.2. The van der Waals surface area contributed by atoms with Crippen molar-refractivity contribution in [3.05, 3.63) is 0 Å². The molecule has 0 aromatic carbocycles. The molecule has 0 aromatic heterocycles. The first kappa shape index (κ1) is 27.6. The van der Waals surface area contributed by atoms with Crippen molar-refractivity contribution in [2.75, 3.05) is 19.8 Å². The zero-order chi connectivity index (χ0) is 15.1. The van der Waals surface area contributed by atoms with Gasteiger partial charge in [-0.1, -0.05) is 64.7 Å². The summed E-state index contributed by atoms with van der Waals surface area (Å²) in [4.78, 5) is 0. The molecule has 0 aliphatic rings. The summed E-state index contributed by atoms with van der Waals surface area (Å²) in [6.45, 7) is 2.91. The van der Waals surface area contributed by atoms with Crippen LogP contribution in [-0.2, 0) is 19.3 Å². The fourth-order valence-corrected chi connectivity index (χ4v) is 2.27. The van der Waals surface area contributed by atoms with Gasteiger partial charge in [0.1, 0.15) is 0 Å². The quantitative estimate of drug-likeness (QED) is 0.263. The Kier molecular flexibility index (Phi) is 24.9. The molecule has 0 rings (SSSR count). The molecule has 0 spiro atoms. The van der Waals surface area contributed by atoms with E-state index >= 15 is 0 Å². The summed E-state index contributed by atoms with van der Waals surface area (Å²) in [5.74, 6) is 0. The molecule has 128 valence electrons. The van der Waals surface area contributed by atoms with Gasteiger partial charge in [0.15, 0.2) is 0 Å². The summed E-state index contributed by atoms with van der Waals surface area (Å²) < 4.78 is 38.1. The number of hydrogen-bond acceptors (Lipinski definition) is 4. The van der Waals surface area contributed by atoms with Crippen LogP contribution in [0.4, 0.5) is 0 Å². The standard InChI is InChI=1S/C14H30O5S.HN.Na/c1-2-3-4-5-6-7-8-9-10-11-12-18-13-14-19-20(15,16)17;;/h2-14H2,1H3,(H,15,16,17);1H;/q;;+1. The molecule has 0 bridgehead atoms. The molecule has 2 N–H and O–H groups in total. The number of rotatable bonds is 15. The molecule has 2 radical (unpaired) electrons. The Bertz CT molecular complexity index is 302. The molecule has 0 saturated carbocycles. The van der Waals surface area contributed by atoms with Gasteiger partial charge >= 0.3 is 40.0 Å². The molecule has 22 heavy (non-hydrogen) atoms. The van der Waals surface area contributed by atoms with Crippen molar-refractivity contribution in [1.82, 2.24) is 6.15 Å². The number of ether oxygens (including phenoxy) is 1. The Balaban J connectivity index is -0.00000180. The van der Waals surface area contributed by atoms with Crippen LogP contribution in [0.1, 0.15) is 71.1 Å². The van der Waals surface area contributed by atoms with Gasteiger partial charge in [0.2, 0.25) is 0 Å². The van der Waals surface area contributed by atoms with Gasteiger partial charge in [0.25, 0.3) is 0 Å². The minimum atomic E-state index is -4.32. The van der Waals surface area contributed by atoms with Gasteiger partial charge in [-0.2, -0.15) is 14.6 Å². The van der Waals surface area contributed by atoms with Crippen LogP contribution >= 0.6 is 0 Å². The van der Waals surface area contributed by atoms with Gasteiger partial charge < -0.3 is 4.74 Å². The predicted octanol–water partition coefficient (Wildman–Crippen LogP) is 0.481. The van der Waals surface area contributed by atoms with Crippen molar-refractivity contribution in [1.29, 1.82) is 0 Å². The number of hydrogen-bond donors (Lipinski definition) is 1. The Morgan fingerprint density at radius 3 is 1.68 bits per heavy atom. The predicted molar refractivity (Wildman–Crippen MR) is 83.3 cm³/mol. The molecule has 0 aromatic rings. The summed E-state index contributed by atoms with van der Waals surface area (Å²) in [5, 5.41) is 0. The minimum absolute atomic E-state index is 0. The van der Waals surface area contributed by atoms with E-state index in [1.54, 1.807) is 0 Å². The van der Waals surface area contributed by atoms with Crippen molar-refractivity contribution in [3.63, 3.8) is 0 Å². The molecule has 0 aliphatic heterocycles. The molecule has 0 aliphatic carbocycles. The van der Waals surface area contributed by atoms with Gasteiger partial charge in [-0.3, -0.25) is 4.55 Å². The van der Waals surface area contributed by atoms with E-state index in [1.807, 2.05) is 0 Å². The molecular weight excluding hydrogens is 317 g/mol. The van der Waals surface area contributed by atoms with Crippen molar-refractivity contribution in [3.8, 4) is 0 Å². The second kappa shape index (κ2) is 19.8. The minimum Gasteiger partial charge on any atom is -0.379 e. The first-order valence-corrected chi connectivity index (χ1v) is 9.12. The summed E-state index contributed by atoms with van der Waals surface area (Å²) >= 11 is 0. The van der Waals surface area contributed by atoms with Crippen molar-refractivity contribution < 1.29 is 51.4 Å². The van der Waals surface area contributed by atoms with Crippen LogP contribution in [0.5, 0.6) is 0 Å². The average Bonchev–Trinajstić information content (AvgIpc) is 2.38. The Morgan fingerprint density at radius 2 is 1.23 bits per heavy atom. The molecule has 8 heteroatoms. The maximum absolute atomic E-state index is 10.2. The summed E-state index contributed by atoms with van der Waals surface area (Å²) in [7, 11) is -4.32. The third-order valence-corrected chi connectivity index (χ3v) is 3.57. The van der Waals surface area contributed by atoms with Crippen LogP contribution in [0.25, 0.3) is 0 Å². The first-order valence-electron chi connectivity index (χ1n) is 7.76. The molecule has 0 atom stereocenters. The average molecular weight is 348 g/mol. The smallest absolute Gasteiger partial charge is 0.379 e. The Labute approximate surface area is 158 Å². The second-order valence-electron chi connectivity index (χ2n) is 5.04. The monoisotopic (exact) mass is 348 g/mol. The molecule has 0 saturated heterocycles. The second-order valence-corrected chi connectivity index (χ2v) is 6.14. The van der Waals surface area contributed by atoms with Crippen LogP contribution in [0.3, 0.4) is 0 Å². The van der Waals surface area contributed by atoms with Crippen LogP contribution in [-0.4, -0.2) is 32.8 Å². The maximum Gasteiger partial charge on any atom is 1.00 e. The number of nitrogens with one attached hydrogen (secondary N) is 1. The largest absolute Gasteiger partial charge is 1.00 e. The third-order valence-electron chi connectivity index (χ3n) is 3.10. The zero-order valence-corrected chi connectivity index (χ0v) is 17.0. The SMILES string of the molecule is CCCCCCCCCCCCOCCOS(=O)(=O)O.[NH].[Na+]. The van der Waals surface area contributed by atoms with Gasteiger partial charge in [0, 0.05) is 6.61 Å². The van der Waals surface area contributed by atoms with E-state index in [4.69, 9.17) is 9.29 Å². The molecule has 0 heterocycles. The Hall–Kier alpha value is 0.790. The van der Waals surface area contributed by atoms with Gasteiger partial charge in [-0.15, -0.1) is 0 Å². The van der Waals surface area contributed by atoms with E-state index in [1.165, 1.54) is 51.4 Å². The van der Waals surface area contributed by atoms with Crippen LogP contribution < -0.4 is 35.7 Å². The number of unbranched alkanes of at least 4 members (excludes halogenated alkanes) is 9. The van der Waals surface area contributed by atoms with E-state index in [2.05, 4.69) is 11.1 Å². The molecule has 6 nitrogen and oxygen atoms in total. The summed E-state index contributed by atoms with van der Waals surface area (Å²) in [6, 6.07) is 0. The zero-order valence-electron chi connectivity index (χ0n) is 14.2. The van der Waals surface area contributed by atoms with Crippen LogP contribution in [0.2, 0.25) is 0 Å². The van der Waals surface area contributed by atoms with E-state index in [9.17, 15) is 8.42 Å². The fourth-order valence-electron chi connectivity index (χ4n) is 1.99. The topological polar surface area (TPSA) is 105 Å². The molecule has 0 unspecified atom stereocenters. The Morgan fingerprint density at radius 1 is 0.773 bits per heavy atom. The van der Waals surface area contributed by atoms with Gasteiger partial charge in [-0.25, -0.2) is 4.18 Å². The van der Waals surface area contributed by atoms with Crippen LogP contribution in [0.15, 0.2) is 0 Å². The van der Waals surface area contributed by atoms with Crippen molar-refractivity contribution in [2.45, 2.75) is 71.1 Å². The van der Waals surface area contributed by atoms with Gasteiger partial charge in [-0.05, 0) is 6.42 Å². The first-order chi connectivity index (χ1) is 9.56. The van der Waals surface area contributed by atoms with E-state index in [0.717, 1.165) is 12.8 Å². The van der Waals surface area contributed by atoms with E-state index < -0.39 is 10.4 Å². The van der Waals surface area contributed by atoms with Crippen molar-refractivity contribution in [2.24, 2.45) is 0 Å². The van der Waals surface area contributed by atoms with Crippen LogP contribution in [0, 0.1) is 0 Å². The molecular formula is C14H31NNaO5S+. The summed E-state index contributed by atoms with van der Waals surface area (Å²) in [5.41, 5.74) is 0. The molecule has 0 amide bonds. The molecule has 0 fully saturated rings. The van der Waals surface area contributed by atoms with E-state index in [-0.39, 0.29) is 48.9 Å². The van der Waals surface area contributed by atoms with E-state index in [0.29, 0.717) is 6.61 Å². The fraction of sp³-hybridized carbons (Fsp3) is 1.00. The summed E-state index contributed by atoms with van der Waals surface area (Å²) in [6.07, 6.45) is 12.7. The van der Waals surface area contributed by atoms with Gasteiger partial charge in [0.05, 0.1) is 13.2 Å². The normalized spacial score (nSPS) is 10.8. The van der Waals surface area contributed by atoms with Crippen molar-refractivity contribution >= 4 is 10.4 Å². The third kappa shape index (κ3) is 25.7.